The molecule has 1 aliphatic rings. The summed E-state index contributed by atoms with van der Waals surface area (Å²) in [6.45, 7) is 1.96. The second kappa shape index (κ2) is 5.85. The Labute approximate surface area is 155 Å². The van der Waals surface area contributed by atoms with Crippen molar-refractivity contribution in [1.29, 1.82) is 0 Å². The summed E-state index contributed by atoms with van der Waals surface area (Å²) in [4.78, 5) is 9.09. The van der Waals surface area contributed by atoms with Gasteiger partial charge in [-0.25, -0.2) is 9.97 Å². The van der Waals surface area contributed by atoms with Crippen LogP contribution < -0.4 is 9.47 Å². The van der Waals surface area contributed by atoms with Gasteiger partial charge < -0.3 is 19.1 Å². The summed E-state index contributed by atoms with van der Waals surface area (Å²) in [6.07, 6.45) is 3.06. The number of aliphatic hydroxyl groups excluding tert-OH is 1. The Hall–Kier alpha value is -3.32. The van der Waals surface area contributed by atoms with Crippen LogP contribution in [-0.2, 0) is 7.05 Å². The van der Waals surface area contributed by atoms with Gasteiger partial charge in [-0.05, 0) is 43.3 Å². The summed E-state index contributed by atoms with van der Waals surface area (Å²) in [5, 5.41) is 9.91. The fourth-order valence-electron chi connectivity index (χ4n) is 3.49. The quantitative estimate of drug-likeness (QED) is 0.606. The highest BCUT2D eigenvalue weighted by Gasteiger charge is 2.17. The van der Waals surface area contributed by atoms with Gasteiger partial charge in [0.2, 0.25) is 6.79 Å². The highest BCUT2D eigenvalue weighted by Crippen LogP contribution is 2.36. The number of aryl methyl sites for hydroxylation is 1. The van der Waals surface area contributed by atoms with E-state index in [1.54, 1.807) is 13.1 Å². The van der Waals surface area contributed by atoms with Crippen molar-refractivity contribution in [3.05, 3.63) is 54.6 Å². The van der Waals surface area contributed by atoms with Gasteiger partial charge in [0.1, 0.15) is 17.8 Å². The molecule has 0 spiro atoms. The number of aliphatic hydroxyl groups is 1. The second-order valence-corrected chi connectivity index (χ2v) is 6.57. The predicted molar refractivity (Wildman–Crippen MR) is 100 cm³/mol. The zero-order valence-corrected chi connectivity index (χ0v) is 15.0. The third-order valence-electron chi connectivity index (χ3n) is 4.82. The number of ether oxygens (including phenoxy) is 2. The molecule has 136 valence electrons. The van der Waals surface area contributed by atoms with Gasteiger partial charge in [-0.1, -0.05) is 0 Å². The first-order valence-corrected chi connectivity index (χ1v) is 8.70. The Kier molecular flexibility index (Phi) is 3.45. The van der Waals surface area contributed by atoms with Crippen LogP contribution in [0, 0.1) is 0 Å². The smallest absolute Gasteiger partial charge is 0.231 e. The normalized spacial score (nSPS) is 14.0. The molecule has 1 N–H and O–H groups in total. The molecule has 7 nitrogen and oxygen atoms in total. The van der Waals surface area contributed by atoms with Crippen molar-refractivity contribution in [1.82, 2.24) is 19.1 Å². The van der Waals surface area contributed by atoms with Crippen molar-refractivity contribution in [2.45, 2.75) is 13.0 Å². The van der Waals surface area contributed by atoms with Gasteiger partial charge in [0.05, 0.1) is 11.0 Å². The first-order chi connectivity index (χ1) is 13.1. The number of benzene rings is 2. The Bertz CT molecular complexity index is 1160. The van der Waals surface area contributed by atoms with E-state index in [2.05, 4.69) is 9.97 Å². The number of hydrogen-bond acceptors (Lipinski definition) is 5. The number of aromatic nitrogens is 4. The molecule has 0 radical (unpaired) electrons. The molecule has 0 fully saturated rings. The fraction of sp³-hybridized carbons (Fsp3) is 0.200. The van der Waals surface area contributed by atoms with E-state index in [0.717, 1.165) is 39.6 Å². The van der Waals surface area contributed by atoms with Gasteiger partial charge in [0.25, 0.3) is 0 Å². The molecule has 0 amide bonds. The maximum Gasteiger partial charge on any atom is 0.231 e. The lowest BCUT2D eigenvalue weighted by Gasteiger charge is -2.09. The molecule has 1 aliphatic heterocycles. The van der Waals surface area contributed by atoms with Gasteiger partial charge in [-0.15, -0.1) is 0 Å². The third kappa shape index (κ3) is 2.47. The van der Waals surface area contributed by atoms with Crippen molar-refractivity contribution in [2.24, 2.45) is 7.05 Å². The average molecular weight is 362 g/mol. The molecule has 0 saturated heterocycles. The molecule has 0 saturated carbocycles. The Morgan fingerprint density at radius 3 is 2.81 bits per heavy atom. The van der Waals surface area contributed by atoms with Crippen molar-refractivity contribution in [2.75, 3.05) is 6.79 Å². The number of imidazole rings is 2. The minimum atomic E-state index is -0.622. The molecule has 3 heterocycles. The summed E-state index contributed by atoms with van der Waals surface area (Å²) in [5.41, 5.74) is 3.69. The molecule has 1 atom stereocenters. The zero-order valence-electron chi connectivity index (χ0n) is 15.0. The topological polar surface area (TPSA) is 74.3 Å². The van der Waals surface area contributed by atoms with E-state index in [1.807, 2.05) is 58.8 Å². The Balaban J connectivity index is 1.61. The summed E-state index contributed by atoms with van der Waals surface area (Å²) in [5.74, 6) is 2.92. The largest absolute Gasteiger partial charge is 0.454 e. The van der Waals surface area contributed by atoms with Crippen LogP contribution in [0.4, 0.5) is 0 Å². The van der Waals surface area contributed by atoms with Gasteiger partial charge in [-0.2, -0.15) is 0 Å². The van der Waals surface area contributed by atoms with E-state index >= 15 is 0 Å². The average Bonchev–Trinajstić information content (AvgIpc) is 3.39. The molecule has 1 unspecified atom stereocenters. The lowest BCUT2D eigenvalue weighted by molar-refractivity contribution is 0.174. The van der Waals surface area contributed by atoms with Crippen LogP contribution in [-0.4, -0.2) is 31.0 Å². The minimum absolute atomic E-state index is 0.245. The molecule has 2 aromatic carbocycles. The third-order valence-corrected chi connectivity index (χ3v) is 4.82. The maximum atomic E-state index is 9.91. The van der Waals surface area contributed by atoms with Gasteiger partial charge in [0, 0.05) is 30.7 Å². The van der Waals surface area contributed by atoms with Crippen LogP contribution in [0.15, 0.2) is 48.8 Å². The van der Waals surface area contributed by atoms with Gasteiger partial charge in [-0.3, -0.25) is 4.57 Å². The van der Waals surface area contributed by atoms with E-state index in [1.165, 1.54) is 0 Å². The Morgan fingerprint density at radius 2 is 1.96 bits per heavy atom. The zero-order chi connectivity index (χ0) is 18.5. The van der Waals surface area contributed by atoms with Crippen LogP contribution in [0.3, 0.4) is 0 Å². The molecule has 27 heavy (non-hydrogen) atoms. The molecule has 4 aromatic rings. The van der Waals surface area contributed by atoms with Crippen molar-refractivity contribution < 1.29 is 14.6 Å². The SMILES string of the molecule is CC(O)c1nc2cc(-n3ccnc3-c3ccc4c(c3)OCO4)ccc2n1C. The van der Waals surface area contributed by atoms with Crippen molar-refractivity contribution >= 4 is 11.0 Å². The minimum Gasteiger partial charge on any atom is -0.454 e. The summed E-state index contributed by atoms with van der Waals surface area (Å²) >= 11 is 0. The van der Waals surface area contributed by atoms with Crippen LogP contribution in [0.1, 0.15) is 18.9 Å². The lowest BCUT2D eigenvalue weighted by Crippen LogP contribution is -2.01. The van der Waals surface area contributed by atoms with E-state index in [0.29, 0.717) is 5.82 Å². The monoisotopic (exact) mass is 362 g/mol. The van der Waals surface area contributed by atoms with Gasteiger partial charge in [0.15, 0.2) is 11.5 Å². The van der Waals surface area contributed by atoms with E-state index in [-0.39, 0.29) is 6.79 Å². The number of fused-ring (bicyclic) bond motifs is 2. The van der Waals surface area contributed by atoms with Crippen LogP contribution in [0.25, 0.3) is 28.1 Å². The van der Waals surface area contributed by atoms with E-state index in [4.69, 9.17) is 9.47 Å². The maximum absolute atomic E-state index is 9.91. The first-order valence-electron chi connectivity index (χ1n) is 8.70. The standard InChI is InChI=1S/C20H18N4O3/c1-12(25)19-22-15-10-14(4-5-16(15)23(19)2)24-8-7-21-20(24)13-3-6-17-18(9-13)27-11-26-17/h3-10,12,25H,11H2,1-2H3. The van der Waals surface area contributed by atoms with Gasteiger partial charge >= 0.3 is 0 Å². The van der Waals surface area contributed by atoms with E-state index in [9.17, 15) is 5.11 Å². The van der Waals surface area contributed by atoms with Crippen LogP contribution in [0.2, 0.25) is 0 Å². The summed E-state index contributed by atoms with van der Waals surface area (Å²) in [7, 11) is 1.91. The molecule has 7 heteroatoms. The van der Waals surface area contributed by atoms with Crippen molar-refractivity contribution in [3.63, 3.8) is 0 Å². The molecule has 0 aliphatic carbocycles. The molecular weight excluding hydrogens is 344 g/mol. The molecule has 0 bridgehead atoms. The van der Waals surface area contributed by atoms with Crippen LogP contribution in [0.5, 0.6) is 11.5 Å². The highest BCUT2D eigenvalue weighted by atomic mass is 16.7. The second-order valence-electron chi connectivity index (χ2n) is 6.57. The number of hydrogen-bond donors (Lipinski definition) is 1. The number of rotatable bonds is 3. The highest BCUT2D eigenvalue weighted by molar-refractivity contribution is 5.79. The van der Waals surface area contributed by atoms with Crippen LogP contribution >= 0.6 is 0 Å². The fourth-order valence-corrected chi connectivity index (χ4v) is 3.49. The molecule has 2 aromatic heterocycles. The first kappa shape index (κ1) is 15.9. The lowest BCUT2D eigenvalue weighted by atomic mass is 10.2. The Morgan fingerprint density at radius 1 is 1.11 bits per heavy atom. The predicted octanol–water partition coefficient (Wildman–Crippen LogP) is 3.21. The summed E-state index contributed by atoms with van der Waals surface area (Å²) in [6, 6.07) is 11.8. The van der Waals surface area contributed by atoms with Crippen molar-refractivity contribution in [3.8, 4) is 28.6 Å². The molecular formula is C20H18N4O3. The summed E-state index contributed by atoms with van der Waals surface area (Å²) < 4.78 is 14.8. The van der Waals surface area contributed by atoms with E-state index < -0.39 is 6.10 Å². The number of nitrogens with zero attached hydrogens (tertiary/aromatic N) is 4. The molecule has 5 rings (SSSR count).